The van der Waals surface area contributed by atoms with E-state index < -0.39 is 0 Å². The molecule has 21 heavy (non-hydrogen) atoms. The molecule has 0 radical (unpaired) electrons. The van der Waals surface area contributed by atoms with Crippen molar-refractivity contribution in [1.82, 2.24) is 10.2 Å². The summed E-state index contributed by atoms with van der Waals surface area (Å²) in [5, 5.41) is 6.36. The Morgan fingerprint density at radius 3 is 3.00 bits per heavy atom. The van der Waals surface area contributed by atoms with Crippen LogP contribution in [0.3, 0.4) is 0 Å². The van der Waals surface area contributed by atoms with E-state index in [9.17, 15) is 4.79 Å². The fourth-order valence-electron chi connectivity index (χ4n) is 2.71. The van der Waals surface area contributed by atoms with Crippen LogP contribution >= 0.6 is 11.8 Å². The molecule has 0 aliphatic carbocycles. The van der Waals surface area contributed by atoms with Crippen LogP contribution in [0.5, 0.6) is 0 Å². The van der Waals surface area contributed by atoms with Gasteiger partial charge in [-0.3, -0.25) is 4.79 Å². The van der Waals surface area contributed by atoms with Crippen molar-refractivity contribution in [2.45, 2.75) is 30.2 Å². The van der Waals surface area contributed by atoms with Gasteiger partial charge in [-0.1, -0.05) is 12.1 Å². The molecule has 2 rings (SSSR count). The molecule has 1 aliphatic heterocycles. The quantitative estimate of drug-likeness (QED) is 0.792. The maximum atomic E-state index is 12.1. The highest BCUT2D eigenvalue weighted by Gasteiger charge is 2.18. The molecule has 1 aliphatic rings. The number of rotatable bonds is 6. The lowest BCUT2D eigenvalue weighted by Crippen LogP contribution is -2.45. The number of likely N-dealkylation sites (N-methyl/N-ethyl adjacent to an activating group) is 1. The number of likely N-dealkylation sites (tertiary alicyclic amines) is 1. The summed E-state index contributed by atoms with van der Waals surface area (Å²) >= 11 is 1.65. The Kier molecular flexibility index (Phi) is 6.54. The van der Waals surface area contributed by atoms with Gasteiger partial charge < -0.3 is 15.5 Å². The number of amides is 1. The Morgan fingerprint density at radius 2 is 2.24 bits per heavy atom. The molecule has 116 valence electrons. The first kappa shape index (κ1) is 16.3. The number of carbonyl (C=O) groups is 1. The van der Waals surface area contributed by atoms with Crippen molar-refractivity contribution >= 4 is 23.4 Å². The monoisotopic (exact) mass is 307 g/mol. The van der Waals surface area contributed by atoms with Crippen LogP contribution in [0.2, 0.25) is 0 Å². The Hall–Kier alpha value is -1.04. The SMILES string of the molecule is CNC1CCCN(CCC(=O)Nc2ccccc2SC)C1. The highest BCUT2D eigenvalue weighted by Crippen LogP contribution is 2.24. The number of thioether (sulfide) groups is 1. The van der Waals surface area contributed by atoms with Gasteiger partial charge in [0.1, 0.15) is 0 Å². The van der Waals surface area contributed by atoms with Crippen molar-refractivity contribution in [2.75, 3.05) is 38.3 Å². The second-order valence-corrected chi connectivity index (χ2v) is 6.27. The third-order valence-electron chi connectivity index (χ3n) is 3.95. The lowest BCUT2D eigenvalue weighted by Gasteiger charge is -2.32. The second-order valence-electron chi connectivity index (χ2n) is 5.43. The van der Waals surface area contributed by atoms with E-state index in [1.165, 1.54) is 12.8 Å². The summed E-state index contributed by atoms with van der Waals surface area (Å²) in [5.41, 5.74) is 0.918. The minimum atomic E-state index is 0.100. The third kappa shape index (κ3) is 5.02. The Balaban J connectivity index is 1.79. The maximum absolute atomic E-state index is 12.1. The number of hydrogen-bond donors (Lipinski definition) is 2. The fourth-order valence-corrected chi connectivity index (χ4v) is 3.27. The zero-order valence-corrected chi connectivity index (χ0v) is 13.7. The van der Waals surface area contributed by atoms with E-state index >= 15 is 0 Å². The molecule has 0 bridgehead atoms. The minimum Gasteiger partial charge on any atom is -0.325 e. The van der Waals surface area contributed by atoms with Gasteiger partial charge in [0.25, 0.3) is 0 Å². The third-order valence-corrected chi connectivity index (χ3v) is 4.75. The molecule has 0 spiro atoms. The van der Waals surface area contributed by atoms with Crippen molar-refractivity contribution in [3.05, 3.63) is 24.3 Å². The van der Waals surface area contributed by atoms with Gasteiger partial charge in [0.05, 0.1) is 5.69 Å². The maximum Gasteiger partial charge on any atom is 0.225 e. The van der Waals surface area contributed by atoms with Crippen molar-refractivity contribution in [2.24, 2.45) is 0 Å². The predicted octanol–water partition coefficient (Wildman–Crippen LogP) is 2.42. The van der Waals surface area contributed by atoms with Gasteiger partial charge in [0.2, 0.25) is 5.91 Å². The molecule has 1 atom stereocenters. The Morgan fingerprint density at radius 1 is 1.43 bits per heavy atom. The molecule has 1 aromatic rings. The van der Waals surface area contributed by atoms with Crippen LogP contribution in [0.25, 0.3) is 0 Å². The van der Waals surface area contributed by atoms with Crippen molar-refractivity contribution in [3.63, 3.8) is 0 Å². The Labute approximate surface area is 131 Å². The number of hydrogen-bond acceptors (Lipinski definition) is 4. The van der Waals surface area contributed by atoms with E-state index in [0.29, 0.717) is 12.5 Å². The number of carbonyl (C=O) groups excluding carboxylic acids is 1. The summed E-state index contributed by atoms with van der Waals surface area (Å²) in [7, 11) is 2.01. The van der Waals surface area contributed by atoms with E-state index in [0.717, 1.165) is 30.2 Å². The summed E-state index contributed by atoms with van der Waals surface area (Å²) < 4.78 is 0. The Bertz CT molecular complexity index is 467. The number of piperidine rings is 1. The number of para-hydroxylation sites is 1. The average molecular weight is 307 g/mol. The van der Waals surface area contributed by atoms with Crippen LogP contribution < -0.4 is 10.6 Å². The number of benzene rings is 1. The zero-order valence-electron chi connectivity index (χ0n) is 12.9. The molecule has 1 unspecified atom stereocenters. The van der Waals surface area contributed by atoms with Crippen molar-refractivity contribution < 1.29 is 4.79 Å². The first-order valence-corrected chi connectivity index (χ1v) is 8.78. The molecule has 4 nitrogen and oxygen atoms in total. The van der Waals surface area contributed by atoms with Gasteiger partial charge in [-0.15, -0.1) is 11.8 Å². The number of nitrogens with zero attached hydrogens (tertiary/aromatic N) is 1. The minimum absolute atomic E-state index is 0.100. The van der Waals surface area contributed by atoms with Crippen molar-refractivity contribution in [3.8, 4) is 0 Å². The van der Waals surface area contributed by atoms with Crippen LogP contribution in [0.1, 0.15) is 19.3 Å². The summed E-state index contributed by atoms with van der Waals surface area (Å²) in [6, 6.07) is 8.51. The summed E-state index contributed by atoms with van der Waals surface area (Å²) in [6.45, 7) is 2.99. The number of anilines is 1. The molecule has 1 saturated heterocycles. The molecule has 0 aromatic heterocycles. The summed E-state index contributed by atoms with van der Waals surface area (Å²) in [6.07, 6.45) is 5.03. The van der Waals surface area contributed by atoms with Crippen molar-refractivity contribution in [1.29, 1.82) is 0 Å². The summed E-state index contributed by atoms with van der Waals surface area (Å²) in [4.78, 5) is 15.6. The first-order chi connectivity index (χ1) is 10.2. The fraction of sp³-hybridized carbons (Fsp3) is 0.562. The van der Waals surface area contributed by atoms with Crippen LogP contribution in [-0.4, -0.2) is 49.8 Å². The largest absolute Gasteiger partial charge is 0.325 e. The van der Waals surface area contributed by atoms with Crippen LogP contribution in [0, 0.1) is 0 Å². The average Bonchev–Trinajstić information content (AvgIpc) is 2.53. The van der Waals surface area contributed by atoms with Crippen LogP contribution in [0.4, 0.5) is 5.69 Å². The number of nitrogens with one attached hydrogen (secondary N) is 2. The van der Waals surface area contributed by atoms with E-state index in [2.05, 4.69) is 15.5 Å². The second kappa shape index (κ2) is 8.41. The molecule has 1 aromatic carbocycles. The van der Waals surface area contributed by atoms with Gasteiger partial charge in [-0.05, 0) is 44.8 Å². The molecule has 1 heterocycles. The first-order valence-electron chi connectivity index (χ1n) is 7.55. The van der Waals surface area contributed by atoms with Gasteiger partial charge in [0.15, 0.2) is 0 Å². The van der Waals surface area contributed by atoms with E-state index in [4.69, 9.17) is 0 Å². The molecule has 5 heteroatoms. The molecule has 1 fully saturated rings. The molecular formula is C16H25N3OS. The normalized spacial score (nSPS) is 19.4. The van der Waals surface area contributed by atoms with E-state index in [1.54, 1.807) is 11.8 Å². The van der Waals surface area contributed by atoms with Crippen LogP contribution in [0.15, 0.2) is 29.2 Å². The molecule has 1 amide bonds. The van der Waals surface area contributed by atoms with E-state index in [-0.39, 0.29) is 5.91 Å². The molecular weight excluding hydrogens is 282 g/mol. The lowest BCUT2D eigenvalue weighted by molar-refractivity contribution is -0.116. The highest BCUT2D eigenvalue weighted by molar-refractivity contribution is 7.98. The standard InChI is InChI=1S/C16H25N3OS/c1-17-13-6-5-10-19(12-13)11-9-16(20)18-14-7-3-4-8-15(14)21-2/h3-4,7-8,13,17H,5-6,9-12H2,1-2H3,(H,18,20). The topological polar surface area (TPSA) is 44.4 Å². The zero-order chi connectivity index (χ0) is 15.1. The predicted molar refractivity (Wildman–Crippen MR) is 90.0 cm³/mol. The van der Waals surface area contributed by atoms with Gasteiger partial charge >= 0.3 is 0 Å². The van der Waals surface area contributed by atoms with Gasteiger partial charge in [-0.25, -0.2) is 0 Å². The van der Waals surface area contributed by atoms with Gasteiger partial charge in [0, 0.05) is 30.4 Å². The molecule has 2 N–H and O–H groups in total. The lowest BCUT2D eigenvalue weighted by atomic mass is 10.1. The molecule has 0 saturated carbocycles. The summed E-state index contributed by atoms with van der Waals surface area (Å²) in [5.74, 6) is 0.100. The smallest absolute Gasteiger partial charge is 0.225 e. The highest BCUT2D eigenvalue weighted by atomic mass is 32.2. The van der Waals surface area contributed by atoms with Crippen LogP contribution in [-0.2, 0) is 4.79 Å². The van der Waals surface area contributed by atoms with E-state index in [1.807, 2.05) is 37.6 Å². The van der Waals surface area contributed by atoms with Gasteiger partial charge in [-0.2, -0.15) is 0 Å².